The van der Waals surface area contributed by atoms with Crippen LogP contribution in [0, 0.1) is 0 Å². The van der Waals surface area contributed by atoms with Gasteiger partial charge in [-0.25, -0.2) is 18.1 Å². The molecule has 4 rings (SSSR count). The van der Waals surface area contributed by atoms with Gasteiger partial charge in [-0.3, -0.25) is 4.79 Å². The van der Waals surface area contributed by atoms with Crippen molar-refractivity contribution in [1.29, 1.82) is 0 Å². The molecule has 1 aromatic carbocycles. The van der Waals surface area contributed by atoms with E-state index in [9.17, 15) is 13.2 Å². The van der Waals surface area contributed by atoms with E-state index in [-0.39, 0.29) is 29.0 Å². The van der Waals surface area contributed by atoms with Crippen LogP contribution in [0.4, 0.5) is 17.5 Å². The van der Waals surface area contributed by atoms with Gasteiger partial charge in [-0.1, -0.05) is 0 Å². The number of amides is 1. The fourth-order valence-corrected chi connectivity index (χ4v) is 5.35. The van der Waals surface area contributed by atoms with E-state index in [0.29, 0.717) is 29.6 Å². The van der Waals surface area contributed by atoms with E-state index in [4.69, 9.17) is 4.74 Å². The van der Waals surface area contributed by atoms with Gasteiger partial charge in [0.05, 0.1) is 11.0 Å². The van der Waals surface area contributed by atoms with Crippen LogP contribution in [0.3, 0.4) is 0 Å². The van der Waals surface area contributed by atoms with Crippen LogP contribution in [0.2, 0.25) is 0 Å². The second kappa shape index (κ2) is 11.1. The first-order valence-corrected chi connectivity index (χ1v) is 14.0. The first-order valence-electron chi connectivity index (χ1n) is 12.5. The number of aromatic nitrogens is 2. The molecule has 0 aliphatic carbocycles. The van der Waals surface area contributed by atoms with Crippen molar-refractivity contribution in [3.63, 3.8) is 0 Å². The molecule has 2 aromatic rings. The number of carbonyl (C=O) groups excluding carboxylic acids is 1. The Balaban J connectivity index is 1.49. The summed E-state index contributed by atoms with van der Waals surface area (Å²) in [4.78, 5) is 24.3. The van der Waals surface area contributed by atoms with Gasteiger partial charge in [0.25, 0.3) is 5.91 Å². The van der Waals surface area contributed by atoms with Crippen LogP contribution in [0.5, 0.6) is 0 Å². The van der Waals surface area contributed by atoms with E-state index in [0.717, 1.165) is 45.2 Å². The van der Waals surface area contributed by atoms with Gasteiger partial charge in [-0.05, 0) is 77.1 Å². The van der Waals surface area contributed by atoms with E-state index in [1.165, 1.54) is 12.1 Å². The van der Waals surface area contributed by atoms with Crippen molar-refractivity contribution in [2.75, 3.05) is 36.5 Å². The molecule has 2 saturated heterocycles. The summed E-state index contributed by atoms with van der Waals surface area (Å²) in [6.45, 7) is 8.41. The number of nitrogens with one attached hydrogen (secondary N) is 3. The molecule has 3 N–H and O–H groups in total. The Morgan fingerprint density at radius 1 is 1.11 bits per heavy atom. The Morgan fingerprint density at radius 3 is 2.47 bits per heavy atom. The third kappa shape index (κ3) is 6.92. The first-order chi connectivity index (χ1) is 17.1. The zero-order valence-electron chi connectivity index (χ0n) is 21.2. The Labute approximate surface area is 213 Å². The molecule has 1 unspecified atom stereocenters. The second-order valence-electron chi connectivity index (χ2n) is 10.3. The molecule has 36 heavy (non-hydrogen) atoms. The van der Waals surface area contributed by atoms with Crippen LogP contribution in [0.15, 0.2) is 35.4 Å². The van der Waals surface area contributed by atoms with Gasteiger partial charge in [0, 0.05) is 43.7 Å². The normalized spacial score (nSPS) is 18.8. The third-order valence-corrected chi connectivity index (χ3v) is 7.54. The number of rotatable bonds is 8. The molecular weight excluding hydrogens is 480 g/mol. The standard InChI is InChI=1S/C25H36N6O4S/c1-25(2,3)30-23(32)21-17-26-24(29-22(21)31-13-5-4-6-14-31)28-18-9-11-20(12-10-18)36(33,34)27-16-19-8-7-15-35-19/h9-12,17,19,27H,4-8,13-16H2,1-3H3,(H,30,32)(H,26,28,29). The van der Waals surface area contributed by atoms with Gasteiger partial charge >= 0.3 is 0 Å². The Bertz CT molecular complexity index is 1150. The molecule has 0 spiro atoms. The first kappa shape index (κ1) is 26.3. The van der Waals surface area contributed by atoms with Crippen molar-refractivity contribution in [1.82, 2.24) is 20.0 Å². The van der Waals surface area contributed by atoms with Crippen molar-refractivity contribution in [3.05, 3.63) is 36.0 Å². The van der Waals surface area contributed by atoms with Crippen LogP contribution in [-0.4, -0.2) is 62.2 Å². The summed E-state index contributed by atoms with van der Waals surface area (Å²) in [5.41, 5.74) is 0.703. The molecular formula is C25H36N6O4S. The molecule has 0 saturated carbocycles. The highest BCUT2D eigenvalue weighted by Crippen LogP contribution is 2.25. The monoisotopic (exact) mass is 516 g/mol. The molecule has 2 aliphatic heterocycles. The summed E-state index contributed by atoms with van der Waals surface area (Å²) < 4.78 is 33.4. The fourth-order valence-electron chi connectivity index (χ4n) is 4.29. The lowest BCUT2D eigenvalue weighted by Crippen LogP contribution is -2.42. The maximum absolute atomic E-state index is 13.0. The number of hydrogen-bond acceptors (Lipinski definition) is 8. The number of ether oxygens (including phenoxy) is 1. The summed E-state index contributed by atoms with van der Waals surface area (Å²) in [5.74, 6) is 0.737. The minimum Gasteiger partial charge on any atom is -0.377 e. The van der Waals surface area contributed by atoms with Crippen LogP contribution in [0.25, 0.3) is 0 Å². The van der Waals surface area contributed by atoms with Gasteiger partial charge < -0.3 is 20.3 Å². The average Bonchev–Trinajstić information content (AvgIpc) is 3.37. The van der Waals surface area contributed by atoms with Crippen LogP contribution < -0.4 is 20.3 Å². The summed E-state index contributed by atoms with van der Waals surface area (Å²) >= 11 is 0. The van der Waals surface area contributed by atoms with Crippen LogP contribution >= 0.6 is 0 Å². The van der Waals surface area contributed by atoms with Gasteiger partial charge in [-0.2, -0.15) is 4.98 Å². The third-order valence-electron chi connectivity index (χ3n) is 6.10. The quantitative estimate of drug-likeness (QED) is 0.488. The second-order valence-corrected chi connectivity index (χ2v) is 12.1. The molecule has 10 nitrogen and oxygen atoms in total. The molecule has 196 valence electrons. The molecule has 1 aromatic heterocycles. The Hall–Kier alpha value is -2.76. The van der Waals surface area contributed by atoms with E-state index in [2.05, 4.69) is 30.2 Å². The highest BCUT2D eigenvalue weighted by molar-refractivity contribution is 7.89. The summed E-state index contributed by atoms with van der Waals surface area (Å²) in [5, 5.41) is 6.13. The SMILES string of the molecule is CC(C)(C)NC(=O)c1cnc(Nc2ccc(S(=O)(=O)NCC3CCCO3)cc2)nc1N1CCCCC1. The number of anilines is 3. The summed E-state index contributed by atoms with van der Waals surface area (Å²) in [6.07, 6.45) is 6.55. The summed E-state index contributed by atoms with van der Waals surface area (Å²) in [6, 6.07) is 6.42. The van der Waals surface area contributed by atoms with E-state index in [1.54, 1.807) is 18.3 Å². The predicted molar refractivity (Wildman–Crippen MR) is 139 cm³/mol. The van der Waals surface area contributed by atoms with Crippen molar-refractivity contribution in [2.24, 2.45) is 0 Å². The van der Waals surface area contributed by atoms with Crippen molar-refractivity contribution < 1.29 is 17.9 Å². The maximum atomic E-state index is 13.0. The van der Waals surface area contributed by atoms with Crippen LogP contribution in [0.1, 0.15) is 63.2 Å². The lowest BCUT2D eigenvalue weighted by molar-refractivity contribution is 0.0919. The smallest absolute Gasteiger partial charge is 0.257 e. The molecule has 3 heterocycles. The number of nitrogens with zero attached hydrogens (tertiary/aromatic N) is 3. The number of sulfonamides is 1. The maximum Gasteiger partial charge on any atom is 0.257 e. The minimum atomic E-state index is -3.63. The number of benzene rings is 1. The molecule has 1 atom stereocenters. The highest BCUT2D eigenvalue weighted by atomic mass is 32.2. The van der Waals surface area contributed by atoms with E-state index in [1.807, 2.05) is 20.8 Å². The number of carbonyl (C=O) groups is 1. The molecule has 11 heteroatoms. The highest BCUT2D eigenvalue weighted by Gasteiger charge is 2.24. The van der Waals surface area contributed by atoms with Crippen molar-refractivity contribution in [3.8, 4) is 0 Å². The molecule has 2 fully saturated rings. The molecule has 0 radical (unpaired) electrons. The van der Waals surface area contributed by atoms with Crippen molar-refractivity contribution in [2.45, 2.75) is 69.4 Å². The zero-order chi connectivity index (χ0) is 25.8. The Morgan fingerprint density at radius 2 is 1.83 bits per heavy atom. The average molecular weight is 517 g/mol. The summed E-state index contributed by atoms with van der Waals surface area (Å²) in [7, 11) is -3.63. The van der Waals surface area contributed by atoms with Gasteiger partial charge in [-0.15, -0.1) is 0 Å². The Kier molecular flexibility index (Phi) is 8.11. The van der Waals surface area contributed by atoms with E-state index >= 15 is 0 Å². The lowest BCUT2D eigenvalue weighted by atomic mass is 10.1. The van der Waals surface area contributed by atoms with Crippen molar-refractivity contribution >= 4 is 33.4 Å². The molecule has 1 amide bonds. The van der Waals surface area contributed by atoms with Crippen LogP contribution in [-0.2, 0) is 14.8 Å². The van der Waals surface area contributed by atoms with E-state index < -0.39 is 10.0 Å². The zero-order valence-corrected chi connectivity index (χ0v) is 22.0. The number of piperidine rings is 1. The van der Waals surface area contributed by atoms with Gasteiger partial charge in [0.1, 0.15) is 11.4 Å². The van der Waals surface area contributed by atoms with Gasteiger partial charge in [0.2, 0.25) is 16.0 Å². The van der Waals surface area contributed by atoms with Gasteiger partial charge in [0.15, 0.2) is 0 Å². The minimum absolute atomic E-state index is 0.0691. The number of hydrogen-bond donors (Lipinski definition) is 3. The fraction of sp³-hybridized carbons (Fsp3) is 0.560. The predicted octanol–water partition coefficient (Wildman–Crippen LogP) is 3.20. The molecule has 0 bridgehead atoms. The topological polar surface area (TPSA) is 126 Å². The lowest BCUT2D eigenvalue weighted by Gasteiger charge is -2.30. The molecule has 2 aliphatic rings. The largest absolute Gasteiger partial charge is 0.377 e.